The highest BCUT2D eigenvalue weighted by molar-refractivity contribution is 5.73. The third-order valence-corrected chi connectivity index (χ3v) is 3.15. The Kier molecular flexibility index (Phi) is 2.53. The van der Waals surface area contributed by atoms with Crippen molar-refractivity contribution in [2.24, 2.45) is 5.16 Å². The molecule has 2 rings (SSSR count). The molecule has 14 heavy (non-hydrogen) atoms. The fraction of sp³-hybridized carbons (Fsp3) is 0.417. The van der Waals surface area contributed by atoms with Crippen LogP contribution in [-0.4, -0.2) is 11.4 Å². The maximum Gasteiger partial charge on any atom is 0.0541 e. The first-order valence-corrected chi connectivity index (χ1v) is 5.11. The number of hydrogen-bond donors (Lipinski definition) is 1. The van der Waals surface area contributed by atoms with Gasteiger partial charge in [-0.05, 0) is 18.4 Å². The van der Waals surface area contributed by atoms with Crippen molar-refractivity contribution in [2.45, 2.75) is 31.1 Å². The summed E-state index contributed by atoms with van der Waals surface area (Å²) >= 11 is 0. The first kappa shape index (κ1) is 9.25. The molecular weight excluding hydrogens is 174 g/mol. The zero-order valence-electron chi connectivity index (χ0n) is 8.19. The van der Waals surface area contributed by atoms with E-state index in [0.717, 1.165) is 12.8 Å². The molecule has 2 heteroatoms. The highest BCUT2D eigenvalue weighted by atomic mass is 16.4. The molecule has 0 bridgehead atoms. The minimum Gasteiger partial charge on any atom is -0.411 e. The number of hydrogen-bond acceptors (Lipinski definition) is 2. The smallest absolute Gasteiger partial charge is 0.0541 e. The lowest BCUT2D eigenvalue weighted by Crippen LogP contribution is -2.23. The van der Waals surface area contributed by atoms with Crippen LogP contribution in [0.25, 0.3) is 0 Å². The molecule has 0 saturated heterocycles. The zero-order valence-corrected chi connectivity index (χ0v) is 8.19. The number of nitrogens with zero attached hydrogens (tertiary/aromatic N) is 1. The van der Waals surface area contributed by atoms with Gasteiger partial charge in [0.15, 0.2) is 0 Å². The number of oxime groups is 1. The van der Waals surface area contributed by atoms with Crippen molar-refractivity contribution in [1.82, 2.24) is 0 Å². The van der Waals surface area contributed by atoms with E-state index in [9.17, 15) is 0 Å². The Bertz CT molecular complexity index is 312. The largest absolute Gasteiger partial charge is 0.411 e. The van der Waals surface area contributed by atoms with Crippen molar-refractivity contribution in [2.75, 3.05) is 0 Å². The molecule has 1 fully saturated rings. The van der Waals surface area contributed by atoms with Gasteiger partial charge < -0.3 is 5.21 Å². The van der Waals surface area contributed by atoms with Gasteiger partial charge in [-0.3, -0.25) is 0 Å². The Morgan fingerprint density at radius 1 is 1.14 bits per heavy atom. The maximum atomic E-state index is 8.72. The molecular formula is C12H15NO. The fourth-order valence-electron chi connectivity index (χ4n) is 2.38. The Morgan fingerprint density at radius 2 is 1.79 bits per heavy atom. The summed E-state index contributed by atoms with van der Waals surface area (Å²) in [6.07, 6.45) is 6.35. The predicted octanol–water partition coefficient (Wildman–Crippen LogP) is 2.96. The summed E-state index contributed by atoms with van der Waals surface area (Å²) in [5.74, 6) is 0. The van der Waals surface area contributed by atoms with Crippen LogP contribution >= 0.6 is 0 Å². The van der Waals surface area contributed by atoms with E-state index in [1.807, 2.05) is 18.2 Å². The molecule has 0 aliphatic heterocycles. The van der Waals surface area contributed by atoms with Crippen LogP contribution in [0.2, 0.25) is 0 Å². The lowest BCUT2D eigenvalue weighted by Gasteiger charge is -2.23. The van der Waals surface area contributed by atoms with E-state index in [4.69, 9.17) is 5.21 Å². The highest BCUT2D eigenvalue weighted by Gasteiger charge is 2.33. The molecule has 1 saturated carbocycles. The molecule has 0 unspecified atom stereocenters. The molecule has 0 heterocycles. The summed E-state index contributed by atoms with van der Waals surface area (Å²) in [5.41, 5.74) is 1.27. The minimum absolute atomic E-state index is 0.00396. The molecule has 74 valence electrons. The molecule has 1 aliphatic carbocycles. The first-order chi connectivity index (χ1) is 6.87. The SMILES string of the molecule is O/N=C/C1(c2ccccc2)CCCC1. The molecule has 0 atom stereocenters. The van der Waals surface area contributed by atoms with Crippen molar-refractivity contribution in [3.63, 3.8) is 0 Å². The monoisotopic (exact) mass is 189 g/mol. The van der Waals surface area contributed by atoms with E-state index >= 15 is 0 Å². The van der Waals surface area contributed by atoms with Crippen LogP contribution in [0, 0.1) is 0 Å². The van der Waals surface area contributed by atoms with E-state index in [1.54, 1.807) is 6.21 Å². The highest BCUT2D eigenvalue weighted by Crippen LogP contribution is 2.39. The predicted molar refractivity (Wildman–Crippen MR) is 56.9 cm³/mol. The third-order valence-electron chi connectivity index (χ3n) is 3.15. The lowest BCUT2D eigenvalue weighted by atomic mass is 9.80. The van der Waals surface area contributed by atoms with Crippen molar-refractivity contribution in [3.8, 4) is 0 Å². The van der Waals surface area contributed by atoms with Gasteiger partial charge in [-0.2, -0.15) is 0 Å². The van der Waals surface area contributed by atoms with Crippen molar-refractivity contribution in [1.29, 1.82) is 0 Å². The van der Waals surface area contributed by atoms with Crippen LogP contribution in [-0.2, 0) is 5.41 Å². The van der Waals surface area contributed by atoms with Gasteiger partial charge >= 0.3 is 0 Å². The van der Waals surface area contributed by atoms with Crippen LogP contribution in [0.15, 0.2) is 35.5 Å². The van der Waals surface area contributed by atoms with Gasteiger partial charge in [-0.25, -0.2) is 0 Å². The summed E-state index contributed by atoms with van der Waals surface area (Å²) in [7, 11) is 0. The molecule has 2 nitrogen and oxygen atoms in total. The average molecular weight is 189 g/mol. The minimum atomic E-state index is -0.00396. The van der Waals surface area contributed by atoms with E-state index in [0.29, 0.717) is 0 Å². The summed E-state index contributed by atoms with van der Waals surface area (Å²) in [5, 5.41) is 12.0. The Balaban J connectivity index is 2.36. The molecule has 0 radical (unpaired) electrons. The summed E-state index contributed by atoms with van der Waals surface area (Å²) in [4.78, 5) is 0. The fourth-order valence-corrected chi connectivity index (χ4v) is 2.38. The number of benzene rings is 1. The lowest BCUT2D eigenvalue weighted by molar-refractivity contribution is 0.316. The second kappa shape index (κ2) is 3.82. The topological polar surface area (TPSA) is 32.6 Å². The van der Waals surface area contributed by atoms with Crippen LogP contribution in [0.5, 0.6) is 0 Å². The van der Waals surface area contributed by atoms with Crippen molar-refractivity contribution < 1.29 is 5.21 Å². The van der Waals surface area contributed by atoms with E-state index < -0.39 is 0 Å². The standard InChI is InChI=1S/C12H15NO/c14-13-10-12(8-4-5-9-12)11-6-2-1-3-7-11/h1-3,6-7,10,14H,4-5,8-9H2/b13-10+. The Hall–Kier alpha value is -1.31. The number of rotatable bonds is 2. The van der Waals surface area contributed by atoms with Crippen LogP contribution in [0.1, 0.15) is 31.2 Å². The maximum absolute atomic E-state index is 8.72. The van der Waals surface area contributed by atoms with Crippen molar-refractivity contribution >= 4 is 6.21 Å². The molecule has 0 aromatic heterocycles. The van der Waals surface area contributed by atoms with Crippen molar-refractivity contribution in [3.05, 3.63) is 35.9 Å². The van der Waals surface area contributed by atoms with Crippen LogP contribution in [0.3, 0.4) is 0 Å². The molecule has 1 aromatic carbocycles. The summed E-state index contributed by atoms with van der Waals surface area (Å²) < 4.78 is 0. The van der Waals surface area contributed by atoms with Gasteiger partial charge in [0.25, 0.3) is 0 Å². The Morgan fingerprint density at radius 3 is 2.36 bits per heavy atom. The molecule has 0 amide bonds. The van der Waals surface area contributed by atoms with E-state index in [1.165, 1.54) is 18.4 Å². The molecule has 1 aromatic rings. The van der Waals surface area contributed by atoms with Gasteiger partial charge in [0.2, 0.25) is 0 Å². The molecule has 0 spiro atoms. The van der Waals surface area contributed by atoms with Gasteiger partial charge in [-0.15, -0.1) is 5.16 Å². The second-order valence-electron chi connectivity index (χ2n) is 3.97. The van der Waals surface area contributed by atoms with Gasteiger partial charge in [0.05, 0.1) is 6.21 Å². The normalized spacial score (nSPS) is 20.3. The van der Waals surface area contributed by atoms with Gasteiger partial charge in [0, 0.05) is 5.41 Å². The third kappa shape index (κ3) is 1.52. The zero-order chi connectivity index (χ0) is 9.86. The van der Waals surface area contributed by atoms with Crippen LogP contribution in [0.4, 0.5) is 0 Å². The van der Waals surface area contributed by atoms with Gasteiger partial charge in [-0.1, -0.05) is 43.2 Å². The average Bonchev–Trinajstić information content (AvgIpc) is 2.70. The summed E-state index contributed by atoms with van der Waals surface area (Å²) in [6, 6.07) is 10.3. The van der Waals surface area contributed by atoms with E-state index in [-0.39, 0.29) is 5.41 Å². The first-order valence-electron chi connectivity index (χ1n) is 5.11. The van der Waals surface area contributed by atoms with Gasteiger partial charge in [0.1, 0.15) is 0 Å². The quantitative estimate of drug-likeness (QED) is 0.433. The Labute approximate surface area is 84.3 Å². The molecule has 1 aliphatic rings. The second-order valence-corrected chi connectivity index (χ2v) is 3.97. The molecule has 1 N–H and O–H groups in total. The van der Waals surface area contributed by atoms with Crippen LogP contribution < -0.4 is 0 Å². The van der Waals surface area contributed by atoms with E-state index in [2.05, 4.69) is 17.3 Å². The summed E-state index contributed by atoms with van der Waals surface area (Å²) in [6.45, 7) is 0.